The van der Waals surface area contributed by atoms with Crippen molar-refractivity contribution in [1.82, 2.24) is 10.2 Å². The fourth-order valence-corrected chi connectivity index (χ4v) is 5.41. The van der Waals surface area contributed by atoms with Gasteiger partial charge in [0.2, 0.25) is 5.75 Å². The molecule has 214 valence electrons. The van der Waals surface area contributed by atoms with Crippen molar-refractivity contribution in [2.75, 3.05) is 40.7 Å². The Morgan fingerprint density at radius 2 is 1.52 bits per heavy atom. The first-order valence-electron chi connectivity index (χ1n) is 13.0. The van der Waals surface area contributed by atoms with Gasteiger partial charge in [0.05, 0.1) is 31.8 Å². The lowest BCUT2D eigenvalue weighted by atomic mass is 10.0. The smallest absolute Gasteiger partial charge is 0.255 e. The summed E-state index contributed by atoms with van der Waals surface area (Å²) in [5.41, 5.74) is 2.19. The number of piperidine rings is 1. The molecule has 0 radical (unpaired) electrons. The molecule has 0 aliphatic carbocycles. The molecule has 0 saturated carbocycles. The standard InChI is InChI=1S/C30H36N2O7S/c1-36-27-16-22(17-28(37-2)29(27)38-3)19-32-14-12-23(13-15-32)31-30(33)25-18-24(40(4,34)35)10-11-26(25)39-20-21-8-6-5-7-9-21/h5-11,16-18,23H,12-15,19-20H2,1-4H3,(H,31,33). The number of benzene rings is 3. The van der Waals surface area contributed by atoms with Gasteiger partial charge in [0.25, 0.3) is 5.91 Å². The van der Waals surface area contributed by atoms with Crippen LogP contribution < -0.4 is 24.3 Å². The van der Waals surface area contributed by atoms with E-state index in [9.17, 15) is 13.2 Å². The van der Waals surface area contributed by atoms with E-state index in [0.29, 0.717) is 29.5 Å². The maximum atomic E-state index is 13.4. The Morgan fingerprint density at radius 3 is 2.10 bits per heavy atom. The van der Waals surface area contributed by atoms with Crippen molar-refractivity contribution in [2.45, 2.75) is 36.9 Å². The molecule has 1 aliphatic rings. The summed E-state index contributed by atoms with van der Waals surface area (Å²) in [4.78, 5) is 15.7. The van der Waals surface area contributed by atoms with Crippen LogP contribution in [0.1, 0.15) is 34.3 Å². The molecule has 1 N–H and O–H groups in total. The van der Waals surface area contributed by atoms with Crippen molar-refractivity contribution in [2.24, 2.45) is 0 Å². The predicted octanol–water partition coefficient (Wildman–Crippen LogP) is 4.09. The molecule has 0 unspecified atom stereocenters. The van der Waals surface area contributed by atoms with E-state index in [4.69, 9.17) is 18.9 Å². The fourth-order valence-electron chi connectivity index (χ4n) is 4.76. The largest absolute Gasteiger partial charge is 0.493 e. The zero-order chi connectivity index (χ0) is 28.7. The summed E-state index contributed by atoms with van der Waals surface area (Å²) in [5.74, 6) is 1.77. The molecule has 0 aromatic heterocycles. The van der Waals surface area contributed by atoms with Crippen LogP contribution in [0.2, 0.25) is 0 Å². The number of hydrogen-bond donors (Lipinski definition) is 1. The van der Waals surface area contributed by atoms with Crippen LogP contribution in [0.3, 0.4) is 0 Å². The molecule has 10 heteroatoms. The number of carbonyl (C=O) groups is 1. The first kappa shape index (κ1) is 29.2. The molecule has 1 aliphatic heterocycles. The third-order valence-electron chi connectivity index (χ3n) is 6.91. The van der Waals surface area contributed by atoms with Gasteiger partial charge in [0.1, 0.15) is 12.4 Å². The summed E-state index contributed by atoms with van der Waals surface area (Å²) in [5, 5.41) is 3.09. The summed E-state index contributed by atoms with van der Waals surface area (Å²) >= 11 is 0. The normalized spacial score (nSPS) is 14.4. The molecule has 1 amide bonds. The number of likely N-dealkylation sites (tertiary alicyclic amines) is 1. The average Bonchev–Trinajstić information content (AvgIpc) is 2.96. The van der Waals surface area contributed by atoms with Crippen molar-refractivity contribution in [3.05, 3.63) is 77.4 Å². The van der Waals surface area contributed by atoms with Crippen molar-refractivity contribution < 1.29 is 32.2 Å². The third-order valence-corrected chi connectivity index (χ3v) is 8.02. The first-order chi connectivity index (χ1) is 19.2. The van der Waals surface area contributed by atoms with Crippen molar-refractivity contribution >= 4 is 15.7 Å². The van der Waals surface area contributed by atoms with Gasteiger partial charge in [-0.2, -0.15) is 0 Å². The van der Waals surface area contributed by atoms with Gasteiger partial charge >= 0.3 is 0 Å². The van der Waals surface area contributed by atoms with E-state index in [0.717, 1.165) is 43.3 Å². The lowest BCUT2D eigenvalue weighted by Crippen LogP contribution is -2.44. The van der Waals surface area contributed by atoms with E-state index in [1.54, 1.807) is 27.4 Å². The van der Waals surface area contributed by atoms with Crippen LogP contribution >= 0.6 is 0 Å². The number of ether oxygens (including phenoxy) is 4. The Hall–Kier alpha value is -3.76. The number of rotatable bonds is 11. The van der Waals surface area contributed by atoms with Gasteiger partial charge < -0.3 is 24.3 Å². The fraction of sp³-hybridized carbons (Fsp3) is 0.367. The Morgan fingerprint density at radius 1 is 0.875 bits per heavy atom. The second kappa shape index (κ2) is 13.1. The molecule has 0 bridgehead atoms. The Labute approximate surface area is 235 Å². The van der Waals surface area contributed by atoms with Gasteiger partial charge in [-0.3, -0.25) is 9.69 Å². The highest BCUT2D eigenvalue weighted by atomic mass is 32.2. The summed E-state index contributed by atoms with van der Waals surface area (Å²) in [7, 11) is 1.28. The van der Waals surface area contributed by atoms with Gasteiger partial charge in [-0.1, -0.05) is 30.3 Å². The van der Waals surface area contributed by atoms with Crippen molar-refractivity contribution in [3.63, 3.8) is 0 Å². The zero-order valence-corrected chi connectivity index (χ0v) is 24.1. The Kier molecular flexibility index (Phi) is 9.54. The topological polar surface area (TPSA) is 103 Å². The molecule has 0 spiro atoms. The molecule has 0 atom stereocenters. The van der Waals surface area contributed by atoms with E-state index in [-0.39, 0.29) is 29.0 Å². The maximum Gasteiger partial charge on any atom is 0.255 e. The molecule has 3 aromatic rings. The number of hydrogen-bond acceptors (Lipinski definition) is 8. The van der Waals surface area contributed by atoms with Crippen LogP contribution in [0.5, 0.6) is 23.0 Å². The molecule has 40 heavy (non-hydrogen) atoms. The van der Waals surface area contributed by atoms with Crippen molar-refractivity contribution in [3.8, 4) is 23.0 Å². The third kappa shape index (κ3) is 7.25. The highest BCUT2D eigenvalue weighted by Gasteiger charge is 2.25. The average molecular weight is 569 g/mol. The predicted molar refractivity (Wildman–Crippen MR) is 152 cm³/mol. The second-order valence-electron chi connectivity index (χ2n) is 9.76. The van der Waals surface area contributed by atoms with Crippen LogP contribution in [-0.2, 0) is 23.0 Å². The van der Waals surface area contributed by atoms with E-state index in [2.05, 4.69) is 10.2 Å². The van der Waals surface area contributed by atoms with E-state index >= 15 is 0 Å². The Balaban J connectivity index is 1.41. The highest BCUT2D eigenvalue weighted by Crippen LogP contribution is 2.38. The van der Waals surface area contributed by atoms with Gasteiger partial charge in [-0.05, 0) is 54.3 Å². The minimum atomic E-state index is -3.50. The number of methoxy groups -OCH3 is 3. The van der Waals surface area contributed by atoms with E-state index in [1.807, 2.05) is 42.5 Å². The zero-order valence-electron chi connectivity index (χ0n) is 23.3. The molecule has 1 fully saturated rings. The quantitative estimate of drug-likeness (QED) is 0.369. The summed E-state index contributed by atoms with van der Waals surface area (Å²) in [6.45, 7) is 2.52. The van der Waals surface area contributed by atoms with E-state index in [1.165, 1.54) is 12.1 Å². The van der Waals surface area contributed by atoms with Crippen LogP contribution in [0.4, 0.5) is 0 Å². The summed E-state index contributed by atoms with van der Waals surface area (Å²) in [6.07, 6.45) is 2.63. The highest BCUT2D eigenvalue weighted by molar-refractivity contribution is 7.90. The molecular weight excluding hydrogens is 532 g/mol. The second-order valence-corrected chi connectivity index (χ2v) is 11.8. The van der Waals surface area contributed by atoms with Crippen molar-refractivity contribution in [1.29, 1.82) is 0 Å². The molecule has 1 saturated heterocycles. The molecular formula is C30H36N2O7S. The molecule has 9 nitrogen and oxygen atoms in total. The van der Waals surface area contributed by atoms with Crippen LogP contribution in [0.15, 0.2) is 65.6 Å². The summed E-state index contributed by atoms with van der Waals surface area (Å²) in [6, 6.07) is 17.8. The van der Waals surface area contributed by atoms with Crippen LogP contribution in [0, 0.1) is 0 Å². The summed E-state index contributed by atoms with van der Waals surface area (Å²) < 4.78 is 46.7. The van der Waals surface area contributed by atoms with Gasteiger partial charge in [-0.15, -0.1) is 0 Å². The van der Waals surface area contributed by atoms with Gasteiger partial charge in [0, 0.05) is 31.9 Å². The molecule has 1 heterocycles. The number of amides is 1. The SMILES string of the molecule is COc1cc(CN2CCC(NC(=O)c3cc(S(C)(=O)=O)ccc3OCc3ccccc3)CC2)cc(OC)c1OC. The Bertz CT molecular complexity index is 1390. The number of nitrogens with one attached hydrogen (secondary N) is 1. The maximum absolute atomic E-state index is 13.4. The van der Waals surface area contributed by atoms with Crippen LogP contribution in [-0.4, -0.2) is 65.9 Å². The first-order valence-corrected chi connectivity index (χ1v) is 14.9. The van der Waals surface area contributed by atoms with Gasteiger partial charge in [-0.25, -0.2) is 8.42 Å². The molecule has 3 aromatic carbocycles. The minimum Gasteiger partial charge on any atom is -0.493 e. The van der Waals surface area contributed by atoms with Crippen LogP contribution in [0.25, 0.3) is 0 Å². The van der Waals surface area contributed by atoms with E-state index < -0.39 is 9.84 Å². The number of sulfone groups is 1. The van der Waals surface area contributed by atoms with Gasteiger partial charge in [0.15, 0.2) is 21.3 Å². The molecule has 4 rings (SSSR count). The minimum absolute atomic E-state index is 0.0486. The lowest BCUT2D eigenvalue weighted by molar-refractivity contribution is 0.0904. The number of carbonyl (C=O) groups excluding carboxylic acids is 1. The monoisotopic (exact) mass is 568 g/mol. The number of nitrogens with zero attached hydrogens (tertiary/aromatic N) is 1. The lowest BCUT2D eigenvalue weighted by Gasteiger charge is -2.32.